The summed E-state index contributed by atoms with van der Waals surface area (Å²) >= 11 is 0. The lowest BCUT2D eigenvalue weighted by Crippen LogP contribution is -2.21. The van der Waals surface area contributed by atoms with Crippen molar-refractivity contribution < 1.29 is 14.2 Å². The molecule has 5 heteroatoms. The van der Waals surface area contributed by atoms with Crippen molar-refractivity contribution >= 4 is 10.8 Å². The first-order valence-corrected chi connectivity index (χ1v) is 8.49. The molecule has 0 aromatic heterocycles. The molecule has 3 aromatic carbocycles. The maximum absolute atomic E-state index is 9.82. The number of hydrogen-bond acceptors (Lipinski definition) is 5. The van der Waals surface area contributed by atoms with Crippen LogP contribution in [0.25, 0.3) is 10.8 Å². The summed E-state index contributed by atoms with van der Waals surface area (Å²) in [4.78, 5) is 0. The minimum atomic E-state index is -0.397. The van der Waals surface area contributed by atoms with Gasteiger partial charge in [0.15, 0.2) is 0 Å². The van der Waals surface area contributed by atoms with E-state index in [0.29, 0.717) is 22.8 Å². The van der Waals surface area contributed by atoms with Gasteiger partial charge in [-0.05, 0) is 22.9 Å². The molecule has 1 aliphatic heterocycles. The molecular weight excluding hydrogens is 340 g/mol. The number of benzene rings is 3. The van der Waals surface area contributed by atoms with E-state index >= 15 is 0 Å². The molecule has 0 bridgehead atoms. The number of hydrogen-bond donors (Lipinski definition) is 1. The summed E-state index contributed by atoms with van der Waals surface area (Å²) < 4.78 is 16.7. The summed E-state index contributed by atoms with van der Waals surface area (Å²) in [6.45, 7) is 0. The van der Waals surface area contributed by atoms with Crippen molar-refractivity contribution in [3.8, 4) is 23.3 Å². The number of fused-ring (bicyclic) bond motifs is 3. The minimum Gasteiger partial charge on any atom is -0.497 e. The van der Waals surface area contributed by atoms with Gasteiger partial charge in [-0.3, -0.25) is 0 Å². The molecule has 2 N–H and O–H groups in total. The molecule has 3 aromatic rings. The molecule has 1 heterocycles. The molecule has 0 radical (unpaired) electrons. The number of ether oxygens (including phenoxy) is 3. The van der Waals surface area contributed by atoms with Gasteiger partial charge in [-0.2, -0.15) is 5.26 Å². The van der Waals surface area contributed by atoms with Gasteiger partial charge in [0.05, 0.1) is 20.1 Å². The number of nitriles is 1. The first kappa shape index (κ1) is 16.8. The zero-order chi connectivity index (χ0) is 19.0. The van der Waals surface area contributed by atoms with Crippen molar-refractivity contribution in [3.05, 3.63) is 77.2 Å². The van der Waals surface area contributed by atoms with E-state index in [0.717, 1.165) is 21.9 Å². The Morgan fingerprint density at radius 3 is 2.59 bits per heavy atom. The van der Waals surface area contributed by atoms with Crippen LogP contribution in [-0.4, -0.2) is 14.2 Å². The number of rotatable bonds is 3. The van der Waals surface area contributed by atoms with Gasteiger partial charge in [-0.1, -0.05) is 36.4 Å². The molecule has 0 saturated heterocycles. The third-order valence-corrected chi connectivity index (χ3v) is 4.87. The Labute approximate surface area is 157 Å². The van der Waals surface area contributed by atoms with Crippen LogP contribution in [0.5, 0.6) is 17.2 Å². The van der Waals surface area contributed by atoms with Crippen molar-refractivity contribution in [2.75, 3.05) is 14.2 Å². The highest BCUT2D eigenvalue weighted by Crippen LogP contribution is 2.48. The van der Waals surface area contributed by atoms with Crippen LogP contribution in [0.4, 0.5) is 0 Å². The second-order valence-corrected chi connectivity index (χ2v) is 6.23. The Morgan fingerprint density at radius 1 is 1.04 bits per heavy atom. The third-order valence-electron chi connectivity index (χ3n) is 4.87. The van der Waals surface area contributed by atoms with Crippen LogP contribution in [0, 0.1) is 11.3 Å². The van der Waals surface area contributed by atoms with Crippen LogP contribution in [0.3, 0.4) is 0 Å². The lowest BCUT2D eigenvalue weighted by molar-refractivity contribution is 0.382. The van der Waals surface area contributed by atoms with Gasteiger partial charge in [0, 0.05) is 17.2 Å². The molecule has 5 nitrogen and oxygen atoms in total. The Hall–Kier alpha value is -3.65. The molecule has 0 unspecified atom stereocenters. The maximum Gasteiger partial charge on any atom is 0.205 e. The minimum absolute atomic E-state index is 0.114. The van der Waals surface area contributed by atoms with Crippen LogP contribution in [-0.2, 0) is 0 Å². The molecule has 0 saturated carbocycles. The van der Waals surface area contributed by atoms with Crippen LogP contribution >= 0.6 is 0 Å². The van der Waals surface area contributed by atoms with Crippen LogP contribution in [0.1, 0.15) is 17.0 Å². The maximum atomic E-state index is 9.82. The molecule has 27 heavy (non-hydrogen) atoms. The second kappa shape index (κ2) is 6.58. The monoisotopic (exact) mass is 358 g/mol. The summed E-state index contributed by atoms with van der Waals surface area (Å²) in [6, 6.07) is 19.7. The van der Waals surface area contributed by atoms with Crippen LogP contribution in [0.2, 0.25) is 0 Å². The largest absolute Gasteiger partial charge is 0.497 e. The zero-order valence-electron chi connectivity index (χ0n) is 15.0. The Bertz CT molecular complexity index is 1110. The van der Waals surface area contributed by atoms with Gasteiger partial charge in [-0.25, -0.2) is 0 Å². The van der Waals surface area contributed by atoms with E-state index < -0.39 is 5.92 Å². The topological polar surface area (TPSA) is 77.5 Å². The van der Waals surface area contributed by atoms with Gasteiger partial charge in [0.25, 0.3) is 0 Å². The van der Waals surface area contributed by atoms with Crippen molar-refractivity contribution in [1.82, 2.24) is 0 Å². The average molecular weight is 358 g/mol. The van der Waals surface area contributed by atoms with Crippen LogP contribution < -0.4 is 19.9 Å². The lowest BCUT2D eigenvalue weighted by Gasteiger charge is -2.28. The van der Waals surface area contributed by atoms with Gasteiger partial charge in [-0.15, -0.1) is 0 Å². The molecule has 0 aliphatic carbocycles. The van der Waals surface area contributed by atoms with Gasteiger partial charge in [0.2, 0.25) is 5.88 Å². The van der Waals surface area contributed by atoms with E-state index in [1.54, 1.807) is 20.3 Å². The predicted octanol–water partition coefficient (Wildman–Crippen LogP) is 4.08. The first-order chi connectivity index (χ1) is 13.2. The number of nitrogens with two attached hydrogens (primary N) is 1. The number of methoxy groups -OCH3 is 2. The van der Waals surface area contributed by atoms with E-state index in [-0.39, 0.29) is 5.88 Å². The van der Waals surface area contributed by atoms with Crippen molar-refractivity contribution in [2.45, 2.75) is 5.92 Å². The summed E-state index contributed by atoms with van der Waals surface area (Å²) in [7, 11) is 3.20. The average Bonchev–Trinajstić information content (AvgIpc) is 2.72. The fourth-order valence-electron chi connectivity index (χ4n) is 3.61. The zero-order valence-corrected chi connectivity index (χ0v) is 15.0. The highest BCUT2D eigenvalue weighted by molar-refractivity contribution is 5.90. The molecule has 4 rings (SSSR count). The Kier molecular flexibility index (Phi) is 4.09. The summed E-state index contributed by atoms with van der Waals surface area (Å²) in [5.74, 6) is 1.67. The molecular formula is C22H18N2O3. The number of allylic oxidation sites excluding steroid dienone is 1. The smallest absolute Gasteiger partial charge is 0.205 e. The van der Waals surface area contributed by atoms with E-state index in [1.807, 2.05) is 48.5 Å². The Morgan fingerprint density at radius 2 is 1.85 bits per heavy atom. The van der Waals surface area contributed by atoms with E-state index in [1.165, 1.54) is 0 Å². The molecule has 1 atom stereocenters. The summed E-state index contributed by atoms with van der Waals surface area (Å²) in [6.07, 6.45) is 0. The SMILES string of the molecule is COc1ccc([C@H]2C(C#N)=C(N)Oc3ccc4ccccc4c32)c(OC)c1. The molecule has 134 valence electrons. The van der Waals surface area contributed by atoms with Crippen LogP contribution in [0.15, 0.2) is 66.1 Å². The fraction of sp³-hybridized carbons (Fsp3) is 0.136. The first-order valence-electron chi connectivity index (χ1n) is 8.49. The highest BCUT2D eigenvalue weighted by atomic mass is 16.5. The normalized spacial score (nSPS) is 15.7. The quantitative estimate of drug-likeness (QED) is 0.763. The number of nitrogens with zero attached hydrogens (tertiary/aromatic N) is 1. The molecule has 0 spiro atoms. The van der Waals surface area contributed by atoms with Gasteiger partial charge < -0.3 is 19.9 Å². The summed E-state index contributed by atoms with van der Waals surface area (Å²) in [5.41, 5.74) is 8.19. The van der Waals surface area contributed by atoms with E-state index in [2.05, 4.69) is 6.07 Å². The lowest BCUT2D eigenvalue weighted by atomic mass is 9.80. The standard InChI is InChI=1S/C22H18N2O3/c1-25-14-8-9-16(19(11-14)26-2)20-17(12-23)22(24)27-18-10-7-13-5-3-4-6-15(13)21(18)20/h3-11,20H,24H2,1-2H3/t20-/m0/s1. The van der Waals surface area contributed by atoms with Crippen molar-refractivity contribution in [1.29, 1.82) is 5.26 Å². The fourth-order valence-corrected chi connectivity index (χ4v) is 3.61. The van der Waals surface area contributed by atoms with E-state index in [4.69, 9.17) is 19.9 Å². The van der Waals surface area contributed by atoms with Crippen molar-refractivity contribution in [3.63, 3.8) is 0 Å². The second-order valence-electron chi connectivity index (χ2n) is 6.23. The van der Waals surface area contributed by atoms with Gasteiger partial charge in [0.1, 0.15) is 28.9 Å². The highest BCUT2D eigenvalue weighted by Gasteiger charge is 2.34. The Balaban J connectivity index is 2.05. The van der Waals surface area contributed by atoms with Gasteiger partial charge >= 0.3 is 0 Å². The third kappa shape index (κ3) is 2.63. The van der Waals surface area contributed by atoms with Crippen molar-refractivity contribution in [2.24, 2.45) is 5.73 Å². The summed E-state index contributed by atoms with van der Waals surface area (Å²) in [5, 5.41) is 11.9. The molecule has 0 fully saturated rings. The molecule has 0 amide bonds. The predicted molar refractivity (Wildman–Crippen MR) is 103 cm³/mol. The molecule has 1 aliphatic rings. The van der Waals surface area contributed by atoms with E-state index in [9.17, 15) is 5.26 Å².